The van der Waals surface area contributed by atoms with Crippen LogP contribution in [0.5, 0.6) is 0 Å². The van der Waals surface area contributed by atoms with Crippen LogP contribution in [0.3, 0.4) is 0 Å². The number of nitrogens with two attached hydrogens (primary N) is 3. The van der Waals surface area contributed by atoms with Crippen molar-refractivity contribution in [1.82, 2.24) is 0 Å². The topological polar surface area (TPSA) is 117 Å². The van der Waals surface area contributed by atoms with Crippen LogP contribution in [0.15, 0.2) is 255 Å². The number of hydrogen-bond acceptors (Lipinski definition) is 7. The lowest BCUT2D eigenvalue weighted by Crippen LogP contribution is -2.09. The van der Waals surface area contributed by atoms with E-state index in [9.17, 15) is 0 Å². The summed E-state index contributed by atoms with van der Waals surface area (Å²) in [6.07, 6.45) is 0. The molecule has 0 atom stereocenters. The van der Waals surface area contributed by atoms with Gasteiger partial charge in [-0.3, -0.25) is 0 Å². The highest BCUT2D eigenvalue weighted by Gasteiger charge is 2.10. The van der Waals surface area contributed by atoms with Crippen molar-refractivity contribution in [2.24, 2.45) is 17.2 Å². The molecule has 0 unspecified atom stereocenters. The molecule has 0 bridgehead atoms. The summed E-state index contributed by atoms with van der Waals surface area (Å²) in [7, 11) is 0. The molecule has 0 radical (unpaired) electrons. The molecule has 0 saturated carbocycles. The molecule has 0 saturated heterocycles. The maximum absolute atomic E-state index is 5.58. The Morgan fingerprint density at radius 2 is 0.469 bits per heavy atom. The molecular formula is C57H57N7. The molecule has 0 aliphatic rings. The van der Waals surface area contributed by atoms with Gasteiger partial charge in [0, 0.05) is 70.8 Å². The normalized spacial score (nSPS) is 9.98. The van der Waals surface area contributed by atoms with Gasteiger partial charge in [-0.05, 0) is 126 Å². The van der Waals surface area contributed by atoms with E-state index in [4.69, 9.17) is 17.2 Å². The van der Waals surface area contributed by atoms with Crippen molar-refractivity contribution in [3.8, 4) is 0 Å². The predicted molar refractivity (Wildman–Crippen MR) is 273 cm³/mol. The average molecular weight is 840 g/mol. The molecule has 0 heterocycles. The first kappa shape index (κ1) is 45.6. The predicted octanol–water partition coefficient (Wildman–Crippen LogP) is 13.8. The van der Waals surface area contributed by atoms with Crippen molar-refractivity contribution in [1.29, 1.82) is 0 Å². The minimum absolute atomic E-state index is 0.574. The lowest BCUT2D eigenvalue weighted by molar-refractivity contribution is 1.07. The molecule has 9 N–H and O–H groups in total. The van der Waals surface area contributed by atoms with Crippen LogP contribution in [0.4, 0.5) is 51.2 Å². The summed E-state index contributed by atoms with van der Waals surface area (Å²) in [5, 5.41) is 9.97. The molecule has 9 aromatic carbocycles. The second-order valence-corrected chi connectivity index (χ2v) is 14.5. The molecular weight excluding hydrogens is 783 g/mol. The fourth-order valence-electron chi connectivity index (χ4n) is 6.57. The van der Waals surface area contributed by atoms with E-state index in [1.54, 1.807) is 0 Å². The van der Waals surface area contributed by atoms with Crippen molar-refractivity contribution in [2.75, 3.05) is 20.9 Å². The van der Waals surface area contributed by atoms with E-state index in [1.807, 2.05) is 164 Å². The monoisotopic (exact) mass is 839 g/mol. The van der Waals surface area contributed by atoms with Crippen LogP contribution in [0.25, 0.3) is 0 Å². The van der Waals surface area contributed by atoms with E-state index in [1.165, 1.54) is 17.1 Å². The molecule has 0 fully saturated rings. The minimum Gasteiger partial charge on any atom is -0.356 e. The average Bonchev–Trinajstić information content (AvgIpc) is 3.37. The van der Waals surface area contributed by atoms with Gasteiger partial charge in [0.15, 0.2) is 0 Å². The summed E-state index contributed by atoms with van der Waals surface area (Å²) in [5.41, 5.74) is 30.1. The lowest BCUT2D eigenvalue weighted by Gasteiger charge is -2.25. The largest absolute Gasteiger partial charge is 0.356 e. The molecule has 7 heteroatoms. The van der Waals surface area contributed by atoms with Crippen LogP contribution in [-0.2, 0) is 19.6 Å². The second-order valence-electron chi connectivity index (χ2n) is 14.5. The maximum Gasteiger partial charge on any atom is 0.0461 e. The number of anilines is 9. The van der Waals surface area contributed by atoms with Gasteiger partial charge in [-0.15, -0.1) is 0 Å². The van der Waals surface area contributed by atoms with E-state index < -0.39 is 0 Å². The number of nitrogens with zero attached hydrogens (tertiary/aromatic N) is 1. The van der Waals surface area contributed by atoms with Crippen LogP contribution in [0, 0.1) is 0 Å². The van der Waals surface area contributed by atoms with Gasteiger partial charge in [-0.2, -0.15) is 0 Å². The summed E-state index contributed by atoms with van der Waals surface area (Å²) >= 11 is 0. The van der Waals surface area contributed by atoms with E-state index in [0.717, 1.165) is 50.8 Å². The number of para-hydroxylation sites is 6. The maximum atomic E-state index is 5.58. The first-order chi connectivity index (χ1) is 31.6. The fraction of sp³-hybridized carbons (Fsp3) is 0.0526. The molecule has 9 rings (SSSR count). The van der Waals surface area contributed by atoms with Crippen molar-refractivity contribution in [3.05, 3.63) is 271 Å². The summed E-state index contributed by atoms with van der Waals surface area (Å²) in [5.74, 6) is 0. The first-order valence-electron chi connectivity index (χ1n) is 21.4. The quantitative estimate of drug-likeness (QED) is 0.0725. The molecule has 0 aromatic heterocycles. The van der Waals surface area contributed by atoms with Gasteiger partial charge in [-0.1, -0.05) is 146 Å². The third-order valence-electron chi connectivity index (χ3n) is 9.72. The highest BCUT2D eigenvalue weighted by molar-refractivity contribution is 5.76. The molecule has 0 amide bonds. The Labute approximate surface area is 378 Å². The lowest BCUT2D eigenvalue weighted by atomic mass is 10.2. The second kappa shape index (κ2) is 25.7. The Hall–Kier alpha value is -7.94. The van der Waals surface area contributed by atoms with Crippen molar-refractivity contribution in [2.45, 2.75) is 19.6 Å². The van der Waals surface area contributed by atoms with Gasteiger partial charge >= 0.3 is 0 Å². The van der Waals surface area contributed by atoms with Gasteiger partial charge in [0.1, 0.15) is 0 Å². The van der Waals surface area contributed by atoms with Crippen molar-refractivity contribution < 1.29 is 0 Å². The Kier molecular flexibility index (Phi) is 18.3. The van der Waals surface area contributed by atoms with Crippen LogP contribution in [-0.4, -0.2) is 0 Å². The smallest absolute Gasteiger partial charge is 0.0461 e. The van der Waals surface area contributed by atoms with E-state index in [0.29, 0.717) is 19.6 Å². The summed E-state index contributed by atoms with van der Waals surface area (Å²) in [6, 6.07) is 85.9. The third-order valence-corrected chi connectivity index (χ3v) is 9.72. The number of hydrogen-bond donors (Lipinski definition) is 6. The zero-order chi connectivity index (χ0) is 44.4. The molecule has 7 nitrogen and oxygen atoms in total. The summed E-state index contributed by atoms with van der Waals surface area (Å²) in [6.45, 7) is 1.72. The van der Waals surface area contributed by atoms with Crippen molar-refractivity contribution in [3.63, 3.8) is 0 Å². The van der Waals surface area contributed by atoms with E-state index >= 15 is 0 Å². The van der Waals surface area contributed by atoms with Crippen LogP contribution in [0.2, 0.25) is 0 Å². The van der Waals surface area contributed by atoms with E-state index in [2.05, 4.69) is 112 Å². The van der Waals surface area contributed by atoms with Gasteiger partial charge in [0.05, 0.1) is 0 Å². The molecule has 320 valence electrons. The Bertz CT molecular complexity index is 2330. The first-order valence-corrected chi connectivity index (χ1v) is 21.4. The molecule has 0 spiro atoms. The molecule has 0 aliphatic heterocycles. The van der Waals surface area contributed by atoms with Gasteiger partial charge in [-0.25, -0.2) is 0 Å². The number of nitrogens with one attached hydrogen (secondary N) is 3. The van der Waals surface area contributed by atoms with Gasteiger partial charge in [0.2, 0.25) is 0 Å². The standard InChI is InChI=1S/C18H15N.3C13H14N2/c1-4-10-16(11-5-1)19(17-12-6-2-7-13-17)18-14-8-3-9-15-18;3*14-10-11-5-4-8-13(9-11)15-12-6-2-1-3-7-12/h1-15H;3*1-9,15H,10,14H2. The van der Waals surface area contributed by atoms with E-state index in [-0.39, 0.29) is 0 Å². The molecule has 64 heavy (non-hydrogen) atoms. The number of benzene rings is 9. The minimum atomic E-state index is 0.574. The van der Waals surface area contributed by atoms with Crippen LogP contribution in [0.1, 0.15) is 16.7 Å². The highest BCUT2D eigenvalue weighted by atomic mass is 15.1. The fourth-order valence-corrected chi connectivity index (χ4v) is 6.57. The van der Waals surface area contributed by atoms with Gasteiger partial charge in [0.25, 0.3) is 0 Å². The Morgan fingerprint density at radius 3 is 0.703 bits per heavy atom. The third kappa shape index (κ3) is 15.2. The summed E-state index contributed by atoms with van der Waals surface area (Å²) in [4.78, 5) is 2.25. The molecule has 0 aliphatic carbocycles. The van der Waals surface area contributed by atoms with Crippen LogP contribution >= 0.6 is 0 Å². The van der Waals surface area contributed by atoms with Crippen LogP contribution < -0.4 is 38.1 Å². The SMILES string of the molecule is NCc1cccc(Nc2ccccc2)c1.NCc1cccc(Nc2ccccc2)c1.NCc1cccc(Nc2ccccc2)c1.c1ccc(N(c2ccccc2)c2ccccc2)cc1. The zero-order valence-corrected chi connectivity index (χ0v) is 36.0. The van der Waals surface area contributed by atoms with Crippen molar-refractivity contribution >= 4 is 51.2 Å². The number of rotatable bonds is 12. The van der Waals surface area contributed by atoms with Gasteiger partial charge < -0.3 is 38.1 Å². The Morgan fingerprint density at radius 1 is 0.250 bits per heavy atom. The Balaban J connectivity index is 0.000000143. The highest BCUT2D eigenvalue weighted by Crippen LogP contribution is 2.33. The summed E-state index contributed by atoms with van der Waals surface area (Å²) < 4.78 is 0. The zero-order valence-electron chi connectivity index (χ0n) is 36.0. The molecule has 9 aromatic rings.